The molecule has 7 nitrogen and oxygen atoms in total. The van der Waals surface area contributed by atoms with Gasteiger partial charge in [-0.3, -0.25) is 9.59 Å². The van der Waals surface area contributed by atoms with E-state index < -0.39 is 29.3 Å². The summed E-state index contributed by atoms with van der Waals surface area (Å²) in [5, 5.41) is 5.75. The fourth-order valence-electron chi connectivity index (χ4n) is 3.31. The van der Waals surface area contributed by atoms with Gasteiger partial charge in [-0.25, -0.2) is 4.79 Å². The summed E-state index contributed by atoms with van der Waals surface area (Å²) in [7, 11) is 0. The van der Waals surface area contributed by atoms with E-state index in [1.165, 1.54) is 0 Å². The Kier molecular flexibility index (Phi) is 10.7. The van der Waals surface area contributed by atoms with Crippen LogP contribution in [0, 0.1) is 0 Å². The van der Waals surface area contributed by atoms with Crippen molar-refractivity contribution in [3.8, 4) is 0 Å². The summed E-state index contributed by atoms with van der Waals surface area (Å²) in [6, 6.07) is 7.31. The van der Waals surface area contributed by atoms with Crippen LogP contribution in [-0.2, 0) is 14.3 Å². The number of hydrogen-bond acceptors (Lipinski definition) is 5. The highest BCUT2D eigenvalue weighted by Crippen LogP contribution is 2.26. The number of thioether (sulfide) groups is 1. The Labute approximate surface area is 203 Å². The molecule has 0 saturated heterocycles. The predicted molar refractivity (Wildman–Crippen MR) is 135 cm³/mol. The van der Waals surface area contributed by atoms with E-state index in [9.17, 15) is 14.4 Å². The van der Waals surface area contributed by atoms with E-state index >= 15 is 0 Å². The minimum atomic E-state index is -0.838. The smallest absolute Gasteiger partial charge is 0.408 e. The summed E-state index contributed by atoms with van der Waals surface area (Å²) in [6.45, 7) is 14.8. The van der Waals surface area contributed by atoms with Crippen molar-refractivity contribution in [2.45, 2.75) is 91.1 Å². The van der Waals surface area contributed by atoms with E-state index in [0.29, 0.717) is 17.7 Å². The predicted octanol–water partition coefficient (Wildman–Crippen LogP) is 4.53. The van der Waals surface area contributed by atoms with Gasteiger partial charge in [-0.05, 0) is 79.4 Å². The normalized spacial score (nSPS) is 13.8. The van der Waals surface area contributed by atoms with Crippen LogP contribution in [0.25, 0.3) is 0 Å². The highest BCUT2D eigenvalue weighted by molar-refractivity contribution is 7.98. The van der Waals surface area contributed by atoms with Gasteiger partial charge in [-0.2, -0.15) is 11.8 Å². The van der Waals surface area contributed by atoms with E-state index in [-0.39, 0.29) is 17.9 Å². The molecule has 0 bridgehead atoms. The Morgan fingerprint density at radius 2 is 1.61 bits per heavy atom. The number of nitrogens with one attached hydrogen (secondary N) is 2. The molecule has 8 heteroatoms. The number of carbonyl (C=O) groups is 3. The molecule has 2 unspecified atom stereocenters. The number of alkyl carbamates (subject to hydrolysis) is 1. The number of benzene rings is 1. The highest BCUT2D eigenvalue weighted by Gasteiger charge is 2.38. The van der Waals surface area contributed by atoms with Crippen molar-refractivity contribution in [2.24, 2.45) is 0 Å². The number of rotatable bonds is 9. The van der Waals surface area contributed by atoms with Crippen LogP contribution in [0.15, 0.2) is 30.3 Å². The third-order valence-corrected chi connectivity index (χ3v) is 5.19. The Morgan fingerprint density at radius 1 is 1.03 bits per heavy atom. The van der Waals surface area contributed by atoms with E-state index in [2.05, 4.69) is 10.6 Å². The van der Waals surface area contributed by atoms with Crippen LogP contribution in [0.4, 0.5) is 4.79 Å². The lowest BCUT2D eigenvalue weighted by molar-refractivity contribution is -0.145. The fourth-order valence-corrected chi connectivity index (χ4v) is 3.79. The molecule has 1 aromatic rings. The van der Waals surface area contributed by atoms with Gasteiger partial charge >= 0.3 is 6.09 Å². The second-order valence-corrected chi connectivity index (χ2v) is 11.4. The number of amides is 3. The minimum Gasteiger partial charge on any atom is -0.444 e. The zero-order valence-electron chi connectivity index (χ0n) is 21.5. The van der Waals surface area contributed by atoms with Crippen molar-refractivity contribution < 1.29 is 19.1 Å². The number of hydrogen-bond donors (Lipinski definition) is 2. The molecule has 3 amide bonds. The molecule has 1 aromatic carbocycles. The highest BCUT2D eigenvalue weighted by atomic mass is 32.2. The molecule has 0 aliphatic rings. The maximum absolute atomic E-state index is 13.8. The van der Waals surface area contributed by atoms with Crippen LogP contribution in [-0.4, -0.2) is 58.0 Å². The lowest BCUT2D eigenvalue weighted by Crippen LogP contribution is -2.56. The second kappa shape index (κ2) is 12.3. The molecule has 0 aliphatic carbocycles. The Bertz CT molecular complexity index is 785. The van der Waals surface area contributed by atoms with Gasteiger partial charge in [-0.1, -0.05) is 30.3 Å². The molecule has 186 valence electrons. The minimum absolute atomic E-state index is 0.267. The SMILES string of the molecule is CSCCC(NC(=O)OC(C)(C)C)C(=O)N(C(C)C)C(C(=O)NC(C)(C)C)c1ccccc1. The van der Waals surface area contributed by atoms with Gasteiger partial charge < -0.3 is 20.3 Å². The van der Waals surface area contributed by atoms with Crippen molar-refractivity contribution in [1.82, 2.24) is 15.5 Å². The zero-order valence-corrected chi connectivity index (χ0v) is 22.3. The number of ether oxygens (including phenoxy) is 1. The molecule has 1 rings (SSSR count). The van der Waals surface area contributed by atoms with Gasteiger partial charge in [0, 0.05) is 11.6 Å². The van der Waals surface area contributed by atoms with Crippen LogP contribution in [0.3, 0.4) is 0 Å². The first-order valence-corrected chi connectivity index (χ1v) is 12.7. The Balaban J connectivity index is 3.38. The lowest BCUT2D eigenvalue weighted by atomic mass is 9.99. The van der Waals surface area contributed by atoms with Gasteiger partial charge in [-0.15, -0.1) is 0 Å². The molecule has 33 heavy (non-hydrogen) atoms. The molecule has 0 radical (unpaired) electrons. The summed E-state index contributed by atoms with van der Waals surface area (Å²) in [4.78, 5) is 41.3. The molecule has 0 saturated carbocycles. The van der Waals surface area contributed by atoms with Crippen LogP contribution < -0.4 is 10.6 Å². The fraction of sp³-hybridized carbons (Fsp3) is 0.640. The zero-order chi connectivity index (χ0) is 25.4. The third-order valence-electron chi connectivity index (χ3n) is 4.55. The standard InChI is InChI=1S/C25H41N3O4S/c1-17(2)28(20(18-13-11-10-12-14-18)21(29)27-24(3,4)5)22(30)19(15-16-33-9)26-23(31)32-25(6,7)8/h10-14,17,19-20H,15-16H2,1-9H3,(H,26,31)(H,27,29). The first kappa shape index (κ1) is 28.8. The molecule has 0 aromatic heterocycles. The quantitative estimate of drug-likeness (QED) is 0.543. The van der Waals surface area contributed by atoms with Crippen LogP contribution in [0.1, 0.15) is 73.4 Å². The summed E-state index contributed by atoms with van der Waals surface area (Å²) in [5.74, 6) is 0.0851. The maximum Gasteiger partial charge on any atom is 0.408 e. The lowest BCUT2D eigenvalue weighted by Gasteiger charge is -2.38. The first-order valence-electron chi connectivity index (χ1n) is 11.3. The molecule has 0 heterocycles. The largest absolute Gasteiger partial charge is 0.444 e. The van der Waals surface area contributed by atoms with E-state index in [1.807, 2.05) is 71.2 Å². The average molecular weight is 480 g/mol. The van der Waals surface area contributed by atoms with E-state index in [1.54, 1.807) is 37.4 Å². The van der Waals surface area contributed by atoms with E-state index in [4.69, 9.17) is 4.74 Å². The molecule has 2 N–H and O–H groups in total. The van der Waals surface area contributed by atoms with Crippen LogP contribution in [0.5, 0.6) is 0 Å². The number of nitrogens with zero attached hydrogens (tertiary/aromatic N) is 1. The summed E-state index contributed by atoms with van der Waals surface area (Å²) in [6.07, 6.45) is 1.71. The molecule has 0 spiro atoms. The Morgan fingerprint density at radius 3 is 2.06 bits per heavy atom. The summed E-state index contributed by atoms with van der Waals surface area (Å²) >= 11 is 1.58. The molecule has 0 fully saturated rings. The van der Waals surface area contributed by atoms with Crippen molar-refractivity contribution in [3.05, 3.63) is 35.9 Å². The molecular formula is C25H41N3O4S. The number of carbonyl (C=O) groups excluding carboxylic acids is 3. The topological polar surface area (TPSA) is 87.7 Å². The van der Waals surface area contributed by atoms with Gasteiger partial charge in [0.15, 0.2) is 0 Å². The van der Waals surface area contributed by atoms with E-state index in [0.717, 1.165) is 0 Å². The van der Waals surface area contributed by atoms with Crippen molar-refractivity contribution >= 4 is 29.7 Å². The average Bonchev–Trinajstić information content (AvgIpc) is 2.66. The van der Waals surface area contributed by atoms with Gasteiger partial charge in [0.2, 0.25) is 11.8 Å². The molecule has 2 atom stereocenters. The first-order chi connectivity index (χ1) is 15.2. The summed E-state index contributed by atoms with van der Waals surface area (Å²) in [5.41, 5.74) is -0.445. The molecule has 0 aliphatic heterocycles. The molecular weight excluding hydrogens is 438 g/mol. The van der Waals surface area contributed by atoms with Gasteiger partial charge in [0.25, 0.3) is 0 Å². The van der Waals surface area contributed by atoms with Gasteiger partial charge in [0.1, 0.15) is 17.7 Å². The summed E-state index contributed by atoms with van der Waals surface area (Å²) < 4.78 is 5.39. The van der Waals surface area contributed by atoms with Crippen molar-refractivity contribution in [1.29, 1.82) is 0 Å². The van der Waals surface area contributed by atoms with Gasteiger partial charge in [0.05, 0.1) is 0 Å². The van der Waals surface area contributed by atoms with Crippen LogP contribution in [0.2, 0.25) is 0 Å². The third kappa shape index (κ3) is 10.1. The monoisotopic (exact) mass is 479 g/mol. The maximum atomic E-state index is 13.8. The van der Waals surface area contributed by atoms with Crippen molar-refractivity contribution in [3.63, 3.8) is 0 Å². The van der Waals surface area contributed by atoms with Crippen molar-refractivity contribution in [2.75, 3.05) is 12.0 Å². The Hall–Kier alpha value is -2.22. The second-order valence-electron chi connectivity index (χ2n) is 10.4. The van der Waals surface area contributed by atoms with Crippen LogP contribution >= 0.6 is 11.8 Å².